The molecule has 0 spiro atoms. The molecule has 0 radical (unpaired) electrons. The molecule has 1 aliphatic rings. The third kappa shape index (κ3) is 2.52. The lowest BCUT2D eigenvalue weighted by Gasteiger charge is -2.21. The van der Waals surface area contributed by atoms with Gasteiger partial charge in [-0.05, 0) is 38.0 Å². The number of aryl methyl sites for hydroxylation is 2. The second-order valence-electron chi connectivity index (χ2n) is 3.90. The summed E-state index contributed by atoms with van der Waals surface area (Å²) in [4.78, 5) is 0. The van der Waals surface area contributed by atoms with Crippen LogP contribution in [-0.2, 0) is 4.74 Å². The molecular formula is C13H16O2. The topological polar surface area (TPSA) is 18.5 Å². The minimum absolute atomic E-state index is 0.128. The maximum atomic E-state index is 5.77. The Labute approximate surface area is 90.5 Å². The molecule has 80 valence electrons. The highest BCUT2D eigenvalue weighted by Crippen LogP contribution is 2.22. The van der Waals surface area contributed by atoms with Crippen LogP contribution in [0.25, 0.3) is 0 Å². The molecule has 2 nitrogen and oxygen atoms in total. The van der Waals surface area contributed by atoms with Gasteiger partial charge in [0.15, 0.2) is 0 Å². The average Bonchev–Trinajstić information content (AvgIpc) is 2.24. The molecular weight excluding hydrogens is 188 g/mol. The molecule has 1 atom stereocenters. The molecule has 1 aromatic carbocycles. The van der Waals surface area contributed by atoms with Crippen LogP contribution in [0.4, 0.5) is 0 Å². The van der Waals surface area contributed by atoms with Crippen molar-refractivity contribution in [3.8, 4) is 5.75 Å². The third-order valence-electron chi connectivity index (χ3n) is 2.48. The molecule has 15 heavy (non-hydrogen) atoms. The number of benzene rings is 1. The van der Waals surface area contributed by atoms with E-state index in [-0.39, 0.29) is 6.29 Å². The number of ether oxygens (including phenoxy) is 2. The fourth-order valence-corrected chi connectivity index (χ4v) is 1.67. The van der Waals surface area contributed by atoms with Crippen molar-refractivity contribution >= 4 is 0 Å². The Hall–Kier alpha value is -1.44. The molecule has 1 unspecified atom stereocenters. The van der Waals surface area contributed by atoms with Gasteiger partial charge < -0.3 is 9.47 Å². The van der Waals surface area contributed by atoms with Crippen LogP contribution in [-0.4, -0.2) is 6.29 Å². The van der Waals surface area contributed by atoms with E-state index >= 15 is 0 Å². The van der Waals surface area contributed by atoms with Crippen molar-refractivity contribution in [3.63, 3.8) is 0 Å². The van der Waals surface area contributed by atoms with Crippen molar-refractivity contribution in [3.05, 3.63) is 41.7 Å². The molecule has 0 bridgehead atoms. The van der Waals surface area contributed by atoms with Gasteiger partial charge in [-0.25, -0.2) is 0 Å². The molecule has 0 amide bonds. The summed E-state index contributed by atoms with van der Waals surface area (Å²) in [6.07, 6.45) is 5.55. The van der Waals surface area contributed by atoms with E-state index in [1.54, 1.807) is 6.26 Å². The Balaban J connectivity index is 2.06. The van der Waals surface area contributed by atoms with E-state index in [2.05, 4.69) is 26.0 Å². The first-order chi connectivity index (χ1) is 7.25. The van der Waals surface area contributed by atoms with E-state index in [1.807, 2.05) is 12.1 Å². The van der Waals surface area contributed by atoms with E-state index in [4.69, 9.17) is 9.47 Å². The highest BCUT2D eigenvalue weighted by atomic mass is 16.7. The quantitative estimate of drug-likeness (QED) is 0.735. The summed E-state index contributed by atoms with van der Waals surface area (Å²) in [5.41, 5.74) is 2.41. The zero-order valence-corrected chi connectivity index (χ0v) is 9.19. The van der Waals surface area contributed by atoms with Crippen LogP contribution >= 0.6 is 0 Å². The minimum Gasteiger partial charge on any atom is -0.463 e. The van der Waals surface area contributed by atoms with Crippen molar-refractivity contribution < 1.29 is 9.47 Å². The van der Waals surface area contributed by atoms with Gasteiger partial charge >= 0.3 is 0 Å². The SMILES string of the molecule is Cc1ccc(OC2CCC=CO2)c(C)c1. The van der Waals surface area contributed by atoms with Crippen molar-refractivity contribution in [2.75, 3.05) is 0 Å². The second kappa shape index (κ2) is 4.39. The zero-order chi connectivity index (χ0) is 10.7. The molecule has 0 aliphatic carbocycles. The Morgan fingerprint density at radius 1 is 1.33 bits per heavy atom. The average molecular weight is 204 g/mol. The van der Waals surface area contributed by atoms with Gasteiger partial charge in [0.1, 0.15) is 5.75 Å². The molecule has 1 aromatic rings. The van der Waals surface area contributed by atoms with Crippen LogP contribution in [0.3, 0.4) is 0 Å². The number of allylic oxidation sites excluding steroid dienone is 1. The van der Waals surface area contributed by atoms with Crippen LogP contribution < -0.4 is 4.74 Å². The smallest absolute Gasteiger partial charge is 0.240 e. The largest absolute Gasteiger partial charge is 0.463 e. The summed E-state index contributed by atoms with van der Waals surface area (Å²) >= 11 is 0. The van der Waals surface area contributed by atoms with Crippen molar-refractivity contribution in [2.24, 2.45) is 0 Å². The molecule has 2 heteroatoms. The van der Waals surface area contributed by atoms with E-state index in [0.29, 0.717) is 0 Å². The third-order valence-corrected chi connectivity index (χ3v) is 2.48. The molecule has 0 fully saturated rings. The highest BCUT2D eigenvalue weighted by molar-refractivity contribution is 5.35. The van der Waals surface area contributed by atoms with Gasteiger partial charge in [0.05, 0.1) is 6.26 Å². The first-order valence-electron chi connectivity index (χ1n) is 5.30. The molecule has 1 aliphatic heterocycles. The van der Waals surface area contributed by atoms with Gasteiger partial charge in [-0.15, -0.1) is 0 Å². The Bertz CT molecular complexity index is 369. The molecule has 0 aromatic heterocycles. The van der Waals surface area contributed by atoms with Crippen LogP contribution in [0, 0.1) is 13.8 Å². The predicted molar refractivity (Wildman–Crippen MR) is 59.8 cm³/mol. The second-order valence-corrected chi connectivity index (χ2v) is 3.90. The summed E-state index contributed by atoms with van der Waals surface area (Å²) < 4.78 is 11.1. The summed E-state index contributed by atoms with van der Waals surface area (Å²) in [5.74, 6) is 0.918. The van der Waals surface area contributed by atoms with E-state index < -0.39 is 0 Å². The fourth-order valence-electron chi connectivity index (χ4n) is 1.67. The Morgan fingerprint density at radius 3 is 2.87 bits per heavy atom. The molecule has 1 heterocycles. The lowest BCUT2D eigenvalue weighted by Crippen LogP contribution is -2.20. The molecule has 2 rings (SSSR count). The van der Waals surface area contributed by atoms with Crippen LogP contribution in [0.5, 0.6) is 5.75 Å². The molecule has 0 saturated heterocycles. The standard InChI is InChI=1S/C13H16O2/c1-10-6-7-12(11(2)9-10)15-13-5-3-4-8-14-13/h4,6-9,13H,3,5H2,1-2H3. The summed E-state index contributed by atoms with van der Waals surface area (Å²) in [7, 11) is 0. The fraction of sp³-hybridized carbons (Fsp3) is 0.385. The van der Waals surface area contributed by atoms with Gasteiger partial charge in [-0.3, -0.25) is 0 Å². The monoisotopic (exact) mass is 204 g/mol. The summed E-state index contributed by atoms with van der Waals surface area (Å²) in [5, 5.41) is 0. The first kappa shape index (κ1) is 10.1. The Morgan fingerprint density at radius 2 is 2.20 bits per heavy atom. The normalized spacial score (nSPS) is 19.7. The predicted octanol–water partition coefficient (Wildman–Crippen LogP) is 3.33. The van der Waals surface area contributed by atoms with Crippen molar-refractivity contribution in [1.29, 1.82) is 0 Å². The number of hydrogen-bond acceptors (Lipinski definition) is 2. The lowest BCUT2D eigenvalue weighted by molar-refractivity contribution is -0.0419. The molecule has 0 saturated carbocycles. The van der Waals surface area contributed by atoms with Crippen LogP contribution in [0.2, 0.25) is 0 Å². The van der Waals surface area contributed by atoms with Gasteiger partial charge in [0.2, 0.25) is 6.29 Å². The van der Waals surface area contributed by atoms with E-state index in [1.165, 1.54) is 5.56 Å². The van der Waals surface area contributed by atoms with Gasteiger partial charge in [0, 0.05) is 6.42 Å². The van der Waals surface area contributed by atoms with Gasteiger partial charge in [0.25, 0.3) is 0 Å². The van der Waals surface area contributed by atoms with E-state index in [9.17, 15) is 0 Å². The highest BCUT2D eigenvalue weighted by Gasteiger charge is 2.13. The van der Waals surface area contributed by atoms with Crippen molar-refractivity contribution in [2.45, 2.75) is 33.0 Å². The van der Waals surface area contributed by atoms with Gasteiger partial charge in [-0.2, -0.15) is 0 Å². The maximum Gasteiger partial charge on any atom is 0.240 e. The maximum absolute atomic E-state index is 5.77. The summed E-state index contributed by atoms with van der Waals surface area (Å²) in [6.45, 7) is 4.14. The zero-order valence-electron chi connectivity index (χ0n) is 9.19. The number of rotatable bonds is 2. The van der Waals surface area contributed by atoms with Crippen molar-refractivity contribution in [1.82, 2.24) is 0 Å². The Kier molecular flexibility index (Phi) is 2.95. The van der Waals surface area contributed by atoms with Crippen LogP contribution in [0.15, 0.2) is 30.5 Å². The minimum atomic E-state index is -0.128. The first-order valence-corrected chi connectivity index (χ1v) is 5.30. The van der Waals surface area contributed by atoms with Gasteiger partial charge in [-0.1, -0.05) is 17.7 Å². The van der Waals surface area contributed by atoms with E-state index in [0.717, 1.165) is 24.2 Å². The number of hydrogen-bond donors (Lipinski definition) is 0. The summed E-state index contributed by atoms with van der Waals surface area (Å²) in [6, 6.07) is 6.18. The lowest BCUT2D eigenvalue weighted by atomic mass is 10.1. The molecule has 0 N–H and O–H groups in total. The van der Waals surface area contributed by atoms with Crippen LogP contribution in [0.1, 0.15) is 24.0 Å².